The first-order valence-corrected chi connectivity index (χ1v) is 40.6. The molecule has 0 radical (unpaired) electrons. The van der Waals surface area contributed by atoms with Crippen LogP contribution >= 0.6 is 60.2 Å². The first kappa shape index (κ1) is 107. The number of nitrogens with two attached hydrogens (primary N) is 1. The van der Waals surface area contributed by atoms with Gasteiger partial charge in [0.05, 0.1) is 54.2 Å². The molecule has 0 aliphatic carbocycles. The smallest absolute Gasteiger partial charge is 0.338 e. The van der Waals surface area contributed by atoms with Gasteiger partial charge in [-0.3, -0.25) is 14.4 Å². The molecule has 3 saturated heterocycles. The van der Waals surface area contributed by atoms with Crippen LogP contribution in [-0.4, -0.2) is 256 Å². The minimum Gasteiger partial charge on any atom is -0.478 e. The zero-order valence-corrected chi connectivity index (χ0v) is 77.2. The lowest BCUT2D eigenvalue weighted by atomic mass is 10.0. The van der Waals surface area contributed by atoms with Crippen LogP contribution in [-0.2, 0) is 47.5 Å². The summed E-state index contributed by atoms with van der Waals surface area (Å²) in [5.41, 5.74) is 9.87. The Kier molecular flexibility index (Phi) is 49.8. The molecule has 5 aromatic rings. The Morgan fingerprint density at radius 1 is 0.436 bits per heavy atom. The highest BCUT2D eigenvalue weighted by molar-refractivity contribution is 9.11. The summed E-state index contributed by atoms with van der Waals surface area (Å²) in [6, 6.07) is 24.9. The average molecular weight is 1860 g/mol. The van der Waals surface area contributed by atoms with Crippen LogP contribution in [0.4, 0.5) is 37.2 Å². The minimum atomic E-state index is -1.13. The van der Waals surface area contributed by atoms with Gasteiger partial charge in [-0.2, -0.15) is 0 Å². The summed E-state index contributed by atoms with van der Waals surface area (Å²) < 4.78 is 63.4. The molecule has 0 unspecified atom stereocenters. The van der Waals surface area contributed by atoms with Crippen LogP contribution in [0.2, 0.25) is 0 Å². The van der Waals surface area contributed by atoms with E-state index in [9.17, 15) is 52.2 Å². The third kappa shape index (κ3) is 45.3. The quantitative estimate of drug-likeness (QED) is 0.0190. The second-order valence-corrected chi connectivity index (χ2v) is 33.4. The van der Waals surface area contributed by atoms with Crippen LogP contribution in [0.25, 0.3) is 0 Å². The van der Waals surface area contributed by atoms with Crippen LogP contribution in [0, 0.1) is 11.6 Å². The number of carbonyl (C=O) groups excluding carboxylic acids is 6. The number of methoxy groups -OCH3 is 4. The fourth-order valence-corrected chi connectivity index (χ4v) is 12.4. The highest BCUT2D eigenvalue weighted by Gasteiger charge is 2.27. The van der Waals surface area contributed by atoms with E-state index in [0.29, 0.717) is 59.0 Å². The Bertz CT molecular complexity index is 3860. The Morgan fingerprint density at radius 3 is 1.01 bits per heavy atom. The van der Waals surface area contributed by atoms with Crippen LogP contribution in [0.5, 0.6) is 0 Å². The summed E-state index contributed by atoms with van der Waals surface area (Å²) >= 11 is 9.52. The normalized spacial score (nSPS) is 13.5. The van der Waals surface area contributed by atoms with Crippen LogP contribution in [0.15, 0.2) is 104 Å². The number of nitrogens with zero attached hydrogens (tertiary/aromatic N) is 6. The standard InChI is InChI=1S/C22H35N3O4.C18H27N3O4.C15H22BrNO3.C11H12BrFO2.C7H4BrFO2.C7H14N2O.C4H11NO.ClH/c1-16(26)25-9-7-18(8-10-25)23-19-13-17(21(27)29-22(2,3)4)14-20(15-19)24(5)11-12-28-6;1-13(22)21-6-4-15(5-7-21)19-16-10-14(18(23)24)11-17(12-16)20(2)8-9-25-3;1-15(2,3)20-14(18)11-8-12(16)10-13(9-11)17(4)6-7-19-5;1-11(2,3)15-10(14)7-4-8(12)6-9(13)5-7;8-5-1-4(7(10)11)2-6(9)3-5;1-6(10)9-4-2-7(8)3-5-9;1-5-3-4-6-2;/h13-15,18,23H,7-12H2,1-6H3;10-12,15,19H,4-9H2,1-3H3,(H,23,24);8-10H,6-7H2,1-5H3;4-6H,1-3H3;1-3H,(H,10,11);7H,2-5,8H2,1H3;5H,3-4H2,1-2H3;1H. The zero-order valence-electron chi connectivity index (χ0n) is 71.6. The van der Waals surface area contributed by atoms with Crippen LogP contribution in [0.1, 0.15) is 173 Å². The van der Waals surface area contributed by atoms with Crippen LogP contribution in [0.3, 0.4) is 0 Å². The lowest BCUT2D eigenvalue weighted by molar-refractivity contribution is -0.130. The van der Waals surface area contributed by atoms with E-state index in [2.05, 4.69) is 68.6 Å². The molecule has 0 atom stereocenters. The first-order chi connectivity index (χ1) is 54.2. The van der Waals surface area contributed by atoms with Gasteiger partial charge in [0, 0.05) is 196 Å². The molecule has 0 bridgehead atoms. The van der Waals surface area contributed by atoms with Gasteiger partial charge in [-0.15, -0.1) is 12.4 Å². The molecule has 656 valence electrons. The van der Waals surface area contributed by atoms with Gasteiger partial charge < -0.3 is 94.5 Å². The molecule has 8 rings (SSSR count). The number of amides is 3. The van der Waals surface area contributed by atoms with E-state index < -0.39 is 46.3 Å². The number of likely N-dealkylation sites (N-methyl/N-ethyl adjacent to an activating group) is 4. The lowest BCUT2D eigenvalue weighted by Gasteiger charge is -2.32. The van der Waals surface area contributed by atoms with E-state index in [0.717, 1.165) is 143 Å². The highest BCUT2D eigenvalue weighted by Crippen LogP contribution is 2.30. The number of likely N-dealkylation sites (tertiary alicyclic amines) is 3. The summed E-state index contributed by atoms with van der Waals surface area (Å²) in [5, 5.41) is 27.7. The SMILES string of the molecule is CC(=O)N1CCC(N)CC1.CC(C)(C)OC(=O)c1cc(F)cc(Br)c1.CNCCOC.COCCN(C)c1cc(Br)cc(C(=O)OC(C)(C)C)c1.COCCN(C)c1cc(NC2CCN(C(C)=O)CC2)cc(C(=O)O)c1.COCCN(C)c1cc(NC2CCN(C(C)=O)CC2)cc(C(=O)OC(C)(C)C)c1.Cl.O=C(O)c1cc(F)cc(Br)c1. The lowest BCUT2D eigenvalue weighted by Crippen LogP contribution is -2.41. The fraction of sp³-hybridized carbons (Fsp3) is 0.548. The molecule has 0 aromatic heterocycles. The number of halogens is 6. The predicted molar refractivity (Wildman–Crippen MR) is 470 cm³/mol. The molecule has 27 nitrogen and oxygen atoms in total. The molecule has 33 heteroatoms. The van der Waals surface area contributed by atoms with Crippen molar-refractivity contribution in [2.45, 2.75) is 157 Å². The molecule has 3 heterocycles. The highest BCUT2D eigenvalue weighted by atomic mass is 79.9. The number of nitrogens with one attached hydrogen (secondary N) is 3. The van der Waals surface area contributed by atoms with Crippen molar-refractivity contribution in [3.8, 4) is 0 Å². The van der Waals surface area contributed by atoms with Gasteiger partial charge in [0.1, 0.15) is 28.4 Å². The van der Waals surface area contributed by atoms with Crippen molar-refractivity contribution >= 4 is 136 Å². The van der Waals surface area contributed by atoms with Crippen LogP contribution < -0.4 is 36.4 Å². The molecular formula is C84H126Br3ClF2N10O17. The molecule has 3 amide bonds. The molecule has 3 aliphatic heterocycles. The molecule has 0 saturated carbocycles. The van der Waals surface area contributed by atoms with Crippen molar-refractivity contribution in [2.24, 2.45) is 5.73 Å². The Morgan fingerprint density at radius 2 is 0.709 bits per heavy atom. The average Bonchev–Trinajstić information content (AvgIpc) is 0.833. The number of rotatable bonds is 24. The van der Waals surface area contributed by atoms with Gasteiger partial charge in [-0.1, -0.05) is 47.8 Å². The van der Waals surface area contributed by atoms with Crippen molar-refractivity contribution in [2.75, 3.05) is 174 Å². The van der Waals surface area contributed by atoms with E-state index in [1.165, 1.54) is 24.3 Å². The van der Waals surface area contributed by atoms with Gasteiger partial charge in [0.2, 0.25) is 17.7 Å². The summed E-state index contributed by atoms with van der Waals surface area (Å²) in [5.74, 6) is -3.89. The first-order valence-electron chi connectivity index (χ1n) is 38.2. The Labute approximate surface area is 722 Å². The van der Waals surface area contributed by atoms with Crippen molar-refractivity contribution in [3.05, 3.63) is 144 Å². The molecule has 3 fully saturated rings. The van der Waals surface area contributed by atoms with E-state index in [1.807, 2.05) is 131 Å². The molecular weight excluding hydrogens is 1730 g/mol. The van der Waals surface area contributed by atoms with E-state index in [1.54, 1.807) is 88.2 Å². The number of carboxylic acid groups (broad SMARTS) is 2. The van der Waals surface area contributed by atoms with Gasteiger partial charge >= 0.3 is 29.8 Å². The maximum absolute atomic E-state index is 13.0. The number of carbonyl (C=O) groups is 8. The summed E-state index contributed by atoms with van der Waals surface area (Å²) in [7, 11) is 14.4. The number of ether oxygens (including phenoxy) is 7. The van der Waals surface area contributed by atoms with Gasteiger partial charge in [-0.05, 0) is 199 Å². The summed E-state index contributed by atoms with van der Waals surface area (Å²) in [4.78, 5) is 103. The summed E-state index contributed by atoms with van der Waals surface area (Å²) in [6.07, 6.45) is 5.38. The van der Waals surface area contributed by atoms with Gasteiger partial charge in [0.15, 0.2) is 0 Å². The van der Waals surface area contributed by atoms with Gasteiger partial charge in [-0.25, -0.2) is 32.8 Å². The molecule has 0 spiro atoms. The minimum absolute atomic E-state index is 0. The number of hydrogen-bond donors (Lipinski definition) is 6. The number of piperidine rings is 3. The number of esters is 3. The fourth-order valence-electron chi connectivity index (χ4n) is 11.0. The van der Waals surface area contributed by atoms with Crippen molar-refractivity contribution in [3.63, 3.8) is 0 Å². The third-order valence-electron chi connectivity index (χ3n) is 17.2. The molecule has 3 aliphatic rings. The van der Waals surface area contributed by atoms with E-state index in [4.69, 9.17) is 44.0 Å². The Balaban J connectivity index is 0.000000713. The Hall–Kier alpha value is -7.79. The maximum Gasteiger partial charge on any atom is 0.338 e. The molecule has 7 N–H and O–H groups in total. The summed E-state index contributed by atoms with van der Waals surface area (Å²) in [6.45, 7) is 31.6. The van der Waals surface area contributed by atoms with E-state index in [-0.39, 0.29) is 70.8 Å². The van der Waals surface area contributed by atoms with Crippen molar-refractivity contribution in [1.82, 2.24) is 20.0 Å². The van der Waals surface area contributed by atoms with E-state index >= 15 is 0 Å². The number of benzene rings is 5. The van der Waals surface area contributed by atoms with Crippen molar-refractivity contribution in [1.29, 1.82) is 0 Å². The second-order valence-electron chi connectivity index (χ2n) is 30.7. The largest absolute Gasteiger partial charge is 0.478 e. The number of aromatic carboxylic acids is 2. The number of carboxylic acids is 2. The number of anilines is 5. The van der Waals surface area contributed by atoms with Gasteiger partial charge in [0.25, 0.3) is 0 Å². The number of hydrogen-bond acceptors (Lipinski definition) is 22. The molecule has 5 aromatic carbocycles. The predicted octanol–water partition coefficient (Wildman–Crippen LogP) is 14.6. The zero-order chi connectivity index (χ0) is 87.8. The maximum atomic E-state index is 13.0. The third-order valence-corrected chi connectivity index (χ3v) is 18.6. The monoisotopic (exact) mass is 1860 g/mol. The second kappa shape index (κ2) is 54.4. The van der Waals surface area contributed by atoms with Crippen molar-refractivity contribution < 1.29 is 90.5 Å². The molecule has 117 heavy (non-hydrogen) atoms. The topological polar surface area (TPSA) is 323 Å².